The molecule has 164 valence electrons. The number of nitrogens with zero attached hydrogens (tertiary/aromatic N) is 6. The second-order valence-electron chi connectivity index (χ2n) is 8.20. The summed E-state index contributed by atoms with van der Waals surface area (Å²) in [5.74, 6) is 0. The van der Waals surface area contributed by atoms with Gasteiger partial charge in [0.1, 0.15) is 0 Å². The van der Waals surface area contributed by atoms with Crippen LogP contribution in [0.1, 0.15) is 29.3 Å². The monoisotopic (exact) mass is 437 g/mol. The Labute approximate surface area is 189 Å². The van der Waals surface area contributed by atoms with Crippen LogP contribution in [-0.2, 0) is 19.6 Å². The molecular weight excluding hydrogens is 406 g/mol. The van der Waals surface area contributed by atoms with Crippen molar-refractivity contribution in [2.45, 2.75) is 40.4 Å². The Morgan fingerprint density at radius 2 is 1.74 bits per heavy atom. The fourth-order valence-corrected chi connectivity index (χ4v) is 4.12. The largest absolute Gasteiger partial charge is 0.346 e. The number of benzene rings is 1. The zero-order chi connectivity index (χ0) is 21.8. The van der Waals surface area contributed by atoms with Crippen LogP contribution in [-0.4, -0.2) is 60.7 Å². The van der Waals surface area contributed by atoms with Crippen molar-refractivity contribution < 1.29 is 0 Å². The maximum Gasteiger partial charge on any atom is 0.173 e. The Hall–Kier alpha value is -2.71. The Morgan fingerprint density at radius 3 is 2.42 bits per heavy atom. The lowest BCUT2D eigenvalue weighted by Gasteiger charge is -2.36. The number of nitrogens with one attached hydrogen (secondary N) is 1. The molecule has 0 atom stereocenters. The molecule has 1 saturated heterocycles. The third-order valence-electron chi connectivity index (χ3n) is 5.78. The maximum atomic E-state index is 5.66. The van der Waals surface area contributed by atoms with Crippen molar-refractivity contribution in [3.05, 3.63) is 65.2 Å². The summed E-state index contributed by atoms with van der Waals surface area (Å²) in [4.78, 5) is 4.72. The minimum absolute atomic E-state index is 0.751. The lowest BCUT2D eigenvalue weighted by molar-refractivity contribution is 0.176. The fourth-order valence-electron chi connectivity index (χ4n) is 3.82. The smallest absolute Gasteiger partial charge is 0.173 e. The quantitative estimate of drug-likeness (QED) is 0.598. The van der Waals surface area contributed by atoms with Crippen LogP contribution in [0.5, 0.6) is 0 Å². The first kappa shape index (κ1) is 21.5. The van der Waals surface area contributed by atoms with Crippen LogP contribution in [0.2, 0.25) is 0 Å². The number of hydrogen-bond donors (Lipinski definition) is 1. The Kier molecular flexibility index (Phi) is 6.67. The summed E-state index contributed by atoms with van der Waals surface area (Å²) < 4.78 is 3.95. The standard InChI is InChI=1S/C23H31N7S/c1-4-29-16-21(19(3)26-29)15-27-9-11-28(12-10-27)23(31)25-22-13-24-30(17-22)14-20-7-5-18(2)6-8-20/h5-8,13,16-17H,4,9-12,14-15H2,1-3H3,(H,25,31). The summed E-state index contributed by atoms with van der Waals surface area (Å²) in [6.07, 6.45) is 6.02. The second-order valence-corrected chi connectivity index (χ2v) is 8.59. The Bertz CT molecular complexity index is 1010. The van der Waals surface area contributed by atoms with E-state index in [1.807, 2.05) is 21.8 Å². The van der Waals surface area contributed by atoms with Crippen LogP contribution in [0.25, 0.3) is 0 Å². The summed E-state index contributed by atoms with van der Waals surface area (Å²) >= 11 is 5.66. The van der Waals surface area contributed by atoms with Crippen LogP contribution >= 0.6 is 12.2 Å². The van der Waals surface area contributed by atoms with Gasteiger partial charge in [-0.3, -0.25) is 14.3 Å². The van der Waals surface area contributed by atoms with Gasteiger partial charge in [-0.15, -0.1) is 0 Å². The molecule has 0 amide bonds. The summed E-state index contributed by atoms with van der Waals surface area (Å²) in [7, 11) is 0. The first-order valence-corrected chi connectivity index (χ1v) is 11.3. The van der Waals surface area contributed by atoms with Crippen molar-refractivity contribution in [1.82, 2.24) is 29.4 Å². The van der Waals surface area contributed by atoms with E-state index in [0.29, 0.717) is 0 Å². The van der Waals surface area contributed by atoms with E-state index in [0.717, 1.165) is 62.3 Å². The normalized spacial score (nSPS) is 14.7. The van der Waals surface area contributed by atoms with Gasteiger partial charge < -0.3 is 10.2 Å². The second kappa shape index (κ2) is 9.62. The highest BCUT2D eigenvalue weighted by Gasteiger charge is 2.20. The van der Waals surface area contributed by atoms with Crippen LogP contribution in [0.3, 0.4) is 0 Å². The number of anilines is 1. The number of rotatable bonds is 6. The molecule has 0 bridgehead atoms. The van der Waals surface area contributed by atoms with Crippen LogP contribution in [0, 0.1) is 13.8 Å². The molecule has 1 fully saturated rings. The summed E-state index contributed by atoms with van der Waals surface area (Å²) in [5.41, 5.74) is 5.88. The van der Waals surface area contributed by atoms with Crippen LogP contribution in [0.4, 0.5) is 5.69 Å². The van der Waals surface area contributed by atoms with Gasteiger partial charge in [-0.2, -0.15) is 10.2 Å². The molecule has 7 nitrogen and oxygen atoms in total. The van der Waals surface area contributed by atoms with Crippen molar-refractivity contribution in [3.63, 3.8) is 0 Å². The first-order valence-electron chi connectivity index (χ1n) is 10.9. The highest BCUT2D eigenvalue weighted by Crippen LogP contribution is 2.14. The molecule has 3 heterocycles. The van der Waals surface area contributed by atoms with Gasteiger partial charge in [0, 0.05) is 57.2 Å². The third kappa shape index (κ3) is 5.51. The molecule has 31 heavy (non-hydrogen) atoms. The minimum atomic E-state index is 0.751. The Morgan fingerprint density at radius 1 is 1.00 bits per heavy atom. The summed E-state index contributed by atoms with van der Waals surface area (Å²) in [6.45, 7) is 12.8. The van der Waals surface area contributed by atoms with Crippen molar-refractivity contribution in [3.8, 4) is 0 Å². The molecule has 8 heteroatoms. The van der Waals surface area contributed by atoms with E-state index in [4.69, 9.17) is 12.2 Å². The fraction of sp³-hybridized carbons (Fsp3) is 0.435. The number of aryl methyl sites for hydroxylation is 3. The molecule has 1 aliphatic rings. The predicted molar refractivity (Wildman–Crippen MR) is 128 cm³/mol. The predicted octanol–water partition coefficient (Wildman–Crippen LogP) is 3.28. The molecule has 0 spiro atoms. The van der Waals surface area contributed by atoms with Gasteiger partial charge in [0.05, 0.1) is 24.1 Å². The molecular formula is C23H31N7S. The molecule has 0 radical (unpaired) electrons. The van der Waals surface area contributed by atoms with Crippen LogP contribution < -0.4 is 5.32 Å². The molecule has 1 aromatic carbocycles. The number of piperazine rings is 1. The van der Waals surface area contributed by atoms with Gasteiger partial charge >= 0.3 is 0 Å². The van der Waals surface area contributed by atoms with Gasteiger partial charge in [-0.05, 0) is 38.6 Å². The van der Waals surface area contributed by atoms with Gasteiger partial charge in [-0.25, -0.2) is 0 Å². The van der Waals surface area contributed by atoms with E-state index in [-0.39, 0.29) is 0 Å². The highest BCUT2D eigenvalue weighted by molar-refractivity contribution is 7.80. The van der Waals surface area contributed by atoms with E-state index in [1.54, 1.807) is 0 Å². The topological polar surface area (TPSA) is 54.1 Å². The minimum Gasteiger partial charge on any atom is -0.346 e. The molecule has 4 rings (SSSR count). The Balaban J connectivity index is 1.26. The lowest BCUT2D eigenvalue weighted by atomic mass is 10.1. The molecule has 2 aromatic heterocycles. The van der Waals surface area contributed by atoms with Crippen LogP contribution in [0.15, 0.2) is 42.9 Å². The first-order chi connectivity index (χ1) is 15.0. The average molecular weight is 438 g/mol. The molecule has 1 aliphatic heterocycles. The zero-order valence-electron chi connectivity index (χ0n) is 18.6. The average Bonchev–Trinajstić information content (AvgIpc) is 3.36. The van der Waals surface area contributed by atoms with Crippen molar-refractivity contribution in [1.29, 1.82) is 0 Å². The molecule has 0 unspecified atom stereocenters. The molecule has 0 aliphatic carbocycles. The highest BCUT2D eigenvalue weighted by atomic mass is 32.1. The maximum absolute atomic E-state index is 5.66. The van der Waals surface area contributed by atoms with Gasteiger partial charge in [0.15, 0.2) is 5.11 Å². The van der Waals surface area contributed by atoms with Crippen molar-refractivity contribution in [2.24, 2.45) is 0 Å². The van der Waals surface area contributed by atoms with E-state index in [2.05, 4.69) is 76.5 Å². The number of aromatic nitrogens is 4. The van der Waals surface area contributed by atoms with Gasteiger partial charge in [0.25, 0.3) is 0 Å². The lowest BCUT2D eigenvalue weighted by Crippen LogP contribution is -2.49. The number of thiocarbonyl (C=S) groups is 1. The third-order valence-corrected chi connectivity index (χ3v) is 6.14. The van der Waals surface area contributed by atoms with E-state index >= 15 is 0 Å². The number of hydrogen-bond acceptors (Lipinski definition) is 4. The van der Waals surface area contributed by atoms with Crippen molar-refractivity contribution in [2.75, 3.05) is 31.5 Å². The van der Waals surface area contributed by atoms with E-state index < -0.39 is 0 Å². The molecule has 0 saturated carbocycles. The summed E-state index contributed by atoms with van der Waals surface area (Å²) in [6, 6.07) is 8.54. The molecule has 1 N–H and O–H groups in total. The zero-order valence-corrected chi connectivity index (χ0v) is 19.4. The molecule has 3 aromatic rings. The summed E-state index contributed by atoms with van der Waals surface area (Å²) in [5, 5.41) is 13.1. The SMILES string of the molecule is CCn1cc(CN2CCN(C(=S)Nc3cnn(Cc4ccc(C)cc4)c3)CC2)c(C)n1. The van der Waals surface area contributed by atoms with Gasteiger partial charge in [0.2, 0.25) is 0 Å². The van der Waals surface area contributed by atoms with E-state index in [9.17, 15) is 0 Å². The van der Waals surface area contributed by atoms with Crippen molar-refractivity contribution >= 4 is 23.0 Å². The van der Waals surface area contributed by atoms with Gasteiger partial charge in [-0.1, -0.05) is 29.8 Å². The van der Waals surface area contributed by atoms with E-state index in [1.165, 1.54) is 16.7 Å².